The predicted octanol–water partition coefficient (Wildman–Crippen LogP) is 4.09. The first-order chi connectivity index (χ1) is 17.2. The highest BCUT2D eigenvalue weighted by atomic mass is 32.2. The molecule has 11 heteroatoms. The first-order valence-corrected chi connectivity index (χ1v) is 14.5. The van der Waals surface area contributed by atoms with Crippen LogP contribution in [0.5, 0.6) is 0 Å². The lowest BCUT2D eigenvalue weighted by molar-refractivity contribution is 0.102. The first kappa shape index (κ1) is 25.8. The monoisotopic (exact) mass is 528 g/mol. The molecule has 0 atom stereocenters. The molecule has 0 saturated heterocycles. The fourth-order valence-electron chi connectivity index (χ4n) is 4.13. The van der Waals surface area contributed by atoms with E-state index in [1.165, 1.54) is 46.9 Å². The highest BCUT2D eigenvalue weighted by Gasteiger charge is 2.29. The fourth-order valence-corrected chi connectivity index (χ4v) is 6.60. The first-order valence-electron chi connectivity index (χ1n) is 11.6. The van der Waals surface area contributed by atoms with E-state index in [4.69, 9.17) is 0 Å². The average Bonchev–Trinajstić information content (AvgIpc) is 2.90. The summed E-state index contributed by atoms with van der Waals surface area (Å²) < 4.78 is 55.6. The van der Waals surface area contributed by atoms with E-state index >= 15 is 0 Å². The predicted molar refractivity (Wildman–Crippen MR) is 138 cm³/mol. The van der Waals surface area contributed by atoms with Crippen LogP contribution in [0.15, 0.2) is 82.7 Å². The normalized spacial score (nSPS) is 14.9. The van der Waals surface area contributed by atoms with E-state index in [1.54, 1.807) is 37.4 Å². The van der Waals surface area contributed by atoms with Crippen LogP contribution < -0.4 is 10.0 Å². The number of pyridine rings is 1. The number of rotatable bonds is 8. The quantitative estimate of drug-likeness (QED) is 0.454. The largest absolute Gasteiger partial charge is 0.321 e. The Balaban J connectivity index is 1.42. The molecule has 0 radical (unpaired) electrons. The van der Waals surface area contributed by atoms with Gasteiger partial charge >= 0.3 is 0 Å². The average molecular weight is 529 g/mol. The van der Waals surface area contributed by atoms with Gasteiger partial charge in [-0.25, -0.2) is 16.8 Å². The fraction of sp³-hybridized carbons (Fsp3) is 0.280. The molecule has 0 aliphatic heterocycles. The van der Waals surface area contributed by atoms with Gasteiger partial charge in [0.2, 0.25) is 10.0 Å². The van der Waals surface area contributed by atoms with Gasteiger partial charge in [0.25, 0.3) is 15.9 Å². The molecule has 1 fully saturated rings. The lowest BCUT2D eigenvalue weighted by atomic mass is 9.96. The Morgan fingerprint density at radius 2 is 1.44 bits per heavy atom. The molecule has 1 aromatic heterocycles. The Kier molecular flexibility index (Phi) is 7.72. The zero-order valence-electron chi connectivity index (χ0n) is 19.8. The zero-order valence-corrected chi connectivity index (χ0v) is 21.4. The maximum absolute atomic E-state index is 13.0. The molecule has 2 aromatic carbocycles. The zero-order chi connectivity index (χ0) is 25.8. The molecular formula is C25H28N4O5S2. The molecule has 9 nitrogen and oxygen atoms in total. The number of nitrogens with one attached hydrogen (secondary N) is 2. The van der Waals surface area contributed by atoms with E-state index in [2.05, 4.69) is 15.0 Å². The van der Waals surface area contributed by atoms with Gasteiger partial charge in [-0.15, -0.1) is 0 Å². The van der Waals surface area contributed by atoms with Crippen molar-refractivity contribution >= 4 is 37.3 Å². The molecule has 1 saturated carbocycles. The van der Waals surface area contributed by atoms with E-state index in [0.717, 1.165) is 32.1 Å². The minimum absolute atomic E-state index is 0.0365. The minimum Gasteiger partial charge on any atom is -0.321 e. The Labute approximate surface area is 211 Å². The SMILES string of the molecule is CN(C1CCCCC1)S(=O)(=O)c1ccc(S(=O)(=O)Nc2ccc(NC(=O)c3ccccn3)cc2)cc1. The third-order valence-corrected chi connectivity index (χ3v) is 9.51. The lowest BCUT2D eigenvalue weighted by Crippen LogP contribution is -2.38. The van der Waals surface area contributed by atoms with Crippen molar-refractivity contribution in [3.05, 3.63) is 78.6 Å². The van der Waals surface area contributed by atoms with Gasteiger partial charge in [0.1, 0.15) is 5.69 Å². The number of nitrogens with zero attached hydrogens (tertiary/aromatic N) is 2. The summed E-state index contributed by atoms with van der Waals surface area (Å²) >= 11 is 0. The van der Waals surface area contributed by atoms with Crippen LogP contribution in [-0.2, 0) is 20.0 Å². The van der Waals surface area contributed by atoms with Crippen LogP contribution in [0.4, 0.5) is 11.4 Å². The summed E-state index contributed by atoms with van der Waals surface area (Å²) in [6.07, 6.45) is 6.31. The van der Waals surface area contributed by atoms with Crippen molar-refractivity contribution in [2.75, 3.05) is 17.1 Å². The second kappa shape index (κ2) is 10.8. The highest BCUT2D eigenvalue weighted by Crippen LogP contribution is 2.27. The van der Waals surface area contributed by atoms with Gasteiger partial charge in [-0.05, 0) is 73.5 Å². The third-order valence-electron chi connectivity index (χ3n) is 6.19. The summed E-state index contributed by atoms with van der Waals surface area (Å²) in [5, 5.41) is 2.69. The van der Waals surface area contributed by atoms with Crippen LogP contribution in [-0.4, -0.2) is 45.1 Å². The molecule has 4 rings (SSSR count). The number of anilines is 2. The molecule has 0 unspecified atom stereocenters. The number of sulfonamides is 2. The summed E-state index contributed by atoms with van der Waals surface area (Å²) in [4.78, 5) is 16.2. The van der Waals surface area contributed by atoms with Crippen molar-refractivity contribution in [3.8, 4) is 0 Å². The van der Waals surface area contributed by atoms with Crippen molar-refractivity contribution in [3.63, 3.8) is 0 Å². The van der Waals surface area contributed by atoms with Gasteiger partial charge in [-0.1, -0.05) is 25.3 Å². The molecular weight excluding hydrogens is 500 g/mol. The van der Waals surface area contributed by atoms with Crippen LogP contribution in [0.1, 0.15) is 42.6 Å². The van der Waals surface area contributed by atoms with Crippen molar-refractivity contribution in [2.45, 2.75) is 47.9 Å². The van der Waals surface area contributed by atoms with Gasteiger partial charge in [-0.2, -0.15) is 4.31 Å². The van der Waals surface area contributed by atoms with Crippen LogP contribution in [0.2, 0.25) is 0 Å². The minimum atomic E-state index is -3.95. The van der Waals surface area contributed by atoms with Crippen LogP contribution in [0.3, 0.4) is 0 Å². The standard InChI is InChI=1S/C25H28N4O5S2/c1-29(21-7-3-2-4-8-21)36(33,34)23-16-14-22(15-17-23)35(31,32)28-20-12-10-19(11-13-20)27-25(30)24-9-5-6-18-26-24/h5-6,9-18,21,28H,2-4,7-8H2,1H3,(H,27,30). The Bertz CT molecular complexity index is 1400. The third kappa shape index (κ3) is 5.92. The van der Waals surface area contributed by atoms with Crippen LogP contribution in [0.25, 0.3) is 0 Å². The van der Waals surface area contributed by atoms with Gasteiger partial charge < -0.3 is 5.32 Å². The molecule has 0 spiro atoms. The highest BCUT2D eigenvalue weighted by molar-refractivity contribution is 7.92. The number of aromatic nitrogens is 1. The van der Waals surface area contributed by atoms with E-state index in [-0.39, 0.29) is 27.4 Å². The summed E-state index contributed by atoms with van der Waals surface area (Å²) in [5.74, 6) is -0.381. The van der Waals surface area contributed by atoms with Crippen LogP contribution in [0, 0.1) is 0 Å². The van der Waals surface area contributed by atoms with Gasteiger partial charge in [0, 0.05) is 30.7 Å². The molecule has 1 aliphatic rings. The van der Waals surface area contributed by atoms with Gasteiger partial charge in [0.05, 0.1) is 9.79 Å². The number of carbonyl (C=O) groups is 1. The molecule has 1 aliphatic carbocycles. The maximum Gasteiger partial charge on any atom is 0.274 e. The topological polar surface area (TPSA) is 126 Å². The van der Waals surface area contributed by atoms with Crippen molar-refractivity contribution < 1.29 is 21.6 Å². The van der Waals surface area contributed by atoms with Gasteiger partial charge in [-0.3, -0.25) is 14.5 Å². The Morgan fingerprint density at radius 1 is 0.833 bits per heavy atom. The van der Waals surface area contributed by atoms with Gasteiger partial charge in [0.15, 0.2) is 0 Å². The lowest BCUT2D eigenvalue weighted by Gasteiger charge is -2.30. The van der Waals surface area contributed by atoms with Crippen molar-refractivity contribution in [1.29, 1.82) is 0 Å². The second-order valence-electron chi connectivity index (χ2n) is 8.64. The van der Waals surface area contributed by atoms with E-state index < -0.39 is 20.0 Å². The van der Waals surface area contributed by atoms with Crippen LogP contribution >= 0.6 is 0 Å². The number of hydrogen-bond donors (Lipinski definition) is 2. The maximum atomic E-state index is 13.0. The summed E-state index contributed by atoms with van der Waals surface area (Å²) in [6, 6.07) is 16.3. The Hall–Kier alpha value is -3.28. The number of amides is 1. The summed E-state index contributed by atoms with van der Waals surface area (Å²) in [6.45, 7) is 0. The number of benzene rings is 2. The molecule has 3 aromatic rings. The molecule has 36 heavy (non-hydrogen) atoms. The number of carbonyl (C=O) groups excluding carboxylic acids is 1. The smallest absolute Gasteiger partial charge is 0.274 e. The second-order valence-corrected chi connectivity index (χ2v) is 12.3. The molecule has 1 heterocycles. The van der Waals surface area contributed by atoms with E-state index in [1.807, 2.05) is 0 Å². The molecule has 1 amide bonds. The van der Waals surface area contributed by atoms with Crippen molar-refractivity contribution in [2.24, 2.45) is 0 Å². The molecule has 2 N–H and O–H groups in total. The number of hydrogen-bond acceptors (Lipinski definition) is 6. The molecule has 190 valence electrons. The van der Waals surface area contributed by atoms with E-state index in [9.17, 15) is 21.6 Å². The molecule has 0 bridgehead atoms. The summed E-state index contributed by atoms with van der Waals surface area (Å²) in [5.41, 5.74) is 1.03. The van der Waals surface area contributed by atoms with E-state index in [0.29, 0.717) is 11.4 Å². The van der Waals surface area contributed by atoms with Crippen molar-refractivity contribution in [1.82, 2.24) is 9.29 Å². The Morgan fingerprint density at radius 3 is 2.06 bits per heavy atom. The summed E-state index contributed by atoms with van der Waals surface area (Å²) in [7, 11) is -6.08.